The summed E-state index contributed by atoms with van der Waals surface area (Å²) in [6.45, 7) is 11.6. The molecule has 0 amide bonds. The molecule has 0 heterocycles. The Morgan fingerprint density at radius 3 is 2.10 bits per heavy atom. The second-order valence-corrected chi connectivity index (χ2v) is 6.50. The Morgan fingerprint density at radius 2 is 1.65 bits per heavy atom. The van der Waals surface area contributed by atoms with E-state index in [0.29, 0.717) is 12.5 Å². The highest BCUT2D eigenvalue weighted by Crippen LogP contribution is 2.18. The molecule has 0 spiro atoms. The summed E-state index contributed by atoms with van der Waals surface area (Å²) in [6.07, 6.45) is 2.81. The van der Waals surface area contributed by atoms with Crippen molar-refractivity contribution in [3.63, 3.8) is 0 Å². The van der Waals surface area contributed by atoms with E-state index in [1.54, 1.807) is 0 Å². The molecule has 0 saturated carbocycles. The Hall–Kier alpha value is -0.860. The van der Waals surface area contributed by atoms with Crippen LogP contribution in [0.2, 0.25) is 0 Å². The summed E-state index contributed by atoms with van der Waals surface area (Å²) in [7, 11) is 0. The second kappa shape index (κ2) is 7.80. The largest absolute Gasteiger partial charge is 0.387 e. The van der Waals surface area contributed by atoms with Crippen molar-refractivity contribution in [2.45, 2.75) is 65.5 Å². The summed E-state index contributed by atoms with van der Waals surface area (Å²) in [5.74, 6) is 0.669. The molecule has 0 bridgehead atoms. The van der Waals surface area contributed by atoms with Gasteiger partial charge < -0.3 is 10.4 Å². The van der Waals surface area contributed by atoms with E-state index < -0.39 is 6.10 Å². The zero-order chi connectivity index (χ0) is 15.2. The fourth-order valence-corrected chi connectivity index (χ4v) is 2.31. The van der Waals surface area contributed by atoms with Crippen molar-refractivity contribution < 1.29 is 5.11 Å². The maximum absolute atomic E-state index is 10.3. The van der Waals surface area contributed by atoms with Crippen LogP contribution in [0.1, 0.15) is 64.7 Å². The summed E-state index contributed by atoms with van der Waals surface area (Å²) in [5.41, 5.74) is 2.47. The number of β-amino-alcohol motifs (C(OH)–C–C–N with tert-alkyl or cyclic N) is 1. The lowest BCUT2D eigenvalue weighted by Crippen LogP contribution is -2.43. The Kier molecular flexibility index (Phi) is 6.70. The molecule has 0 aliphatic rings. The molecule has 2 heteroatoms. The summed E-state index contributed by atoms with van der Waals surface area (Å²) in [5, 5.41) is 13.8. The van der Waals surface area contributed by atoms with Crippen molar-refractivity contribution in [1.29, 1.82) is 0 Å². The first kappa shape index (κ1) is 17.2. The van der Waals surface area contributed by atoms with Crippen LogP contribution in [-0.4, -0.2) is 17.2 Å². The molecule has 20 heavy (non-hydrogen) atoms. The van der Waals surface area contributed by atoms with E-state index in [9.17, 15) is 5.11 Å². The Bertz CT molecular complexity index is 379. The van der Waals surface area contributed by atoms with Crippen LogP contribution >= 0.6 is 0 Å². The number of hydrogen-bond acceptors (Lipinski definition) is 2. The van der Waals surface area contributed by atoms with Crippen molar-refractivity contribution in [2.75, 3.05) is 6.54 Å². The molecule has 2 nitrogen and oxygen atoms in total. The minimum Gasteiger partial charge on any atom is -0.387 e. The number of benzene rings is 1. The molecule has 0 saturated heterocycles. The highest BCUT2D eigenvalue weighted by atomic mass is 16.3. The first-order valence-corrected chi connectivity index (χ1v) is 7.92. The average molecular weight is 277 g/mol. The van der Waals surface area contributed by atoms with Crippen LogP contribution in [0.4, 0.5) is 0 Å². The van der Waals surface area contributed by atoms with E-state index in [-0.39, 0.29) is 5.54 Å². The van der Waals surface area contributed by atoms with Crippen LogP contribution in [0.5, 0.6) is 0 Å². The molecular weight excluding hydrogens is 246 g/mol. The fourth-order valence-electron chi connectivity index (χ4n) is 2.31. The normalized spacial score (nSPS) is 13.8. The van der Waals surface area contributed by atoms with Gasteiger partial charge in [0.1, 0.15) is 0 Å². The topological polar surface area (TPSA) is 32.3 Å². The van der Waals surface area contributed by atoms with Gasteiger partial charge in [0.15, 0.2) is 0 Å². The molecule has 0 aliphatic carbocycles. The highest BCUT2D eigenvalue weighted by molar-refractivity contribution is 5.24. The molecule has 1 aromatic carbocycles. The molecule has 1 atom stereocenters. The lowest BCUT2D eigenvalue weighted by atomic mass is 9.94. The molecule has 1 rings (SSSR count). The third-order valence-electron chi connectivity index (χ3n) is 4.29. The quantitative estimate of drug-likeness (QED) is 0.750. The van der Waals surface area contributed by atoms with E-state index in [0.717, 1.165) is 24.8 Å². The van der Waals surface area contributed by atoms with Gasteiger partial charge >= 0.3 is 0 Å². The zero-order valence-electron chi connectivity index (χ0n) is 13.7. The lowest BCUT2D eigenvalue weighted by molar-refractivity contribution is 0.156. The third-order valence-corrected chi connectivity index (χ3v) is 4.29. The number of aliphatic hydroxyl groups is 1. The monoisotopic (exact) mass is 277 g/mol. The van der Waals surface area contributed by atoms with Crippen molar-refractivity contribution in [3.8, 4) is 0 Å². The molecule has 1 unspecified atom stereocenters. The maximum atomic E-state index is 10.3. The second-order valence-electron chi connectivity index (χ2n) is 6.50. The number of aliphatic hydroxyl groups excluding tert-OH is 1. The average Bonchev–Trinajstić information content (AvgIpc) is 2.44. The van der Waals surface area contributed by atoms with Gasteiger partial charge in [0.05, 0.1) is 6.10 Å². The molecule has 0 fully saturated rings. The van der Waals surface area contributed by atoms with E-state index in [1.807, 2.05) is 0 Å². The number of nitrogens with one attached hydrogen (secondary N) is 1. The molecule has 114 valence electrons. The minimum absolute atomic E-state index is 0.124. The van der Waals surface area contributed by atoms with Crippen molar-refractivity contribution >= 4 is 0 Å². The SMILES string of the molecule is CCC(C)(CC)NCC(O)c1ccc(CC(C)C)cc1. The van der Waals surface area contributed by atoms with Crippen LogP contribution in [0.3, 0.4) is 0 Å². The van der Waals surface area contributed by atoms with Gasteiger partial charge in [0.2, 0.25) is 0 Å². The number of hydrogen-bond donors (Lipinski definition) is 2. The lowest BCUT2D eigenvalue weighted by Gasteiger charge is -2.29. The van der Waals surface area contributed by atoms with Gasteiger partial charge in [-0.05, 0) is 43.2 Å². The summed E-state index contributed by atoms with van der Waals surface area (Å²) in [6, 6.07) is 8.38. The zero-order valence-corrected chi connectivity index (χ0v) is 13.7. The minimum atomic E-state index is -0.430. The maximum Gasteiger partial charge on any atom is 0.0914 e. The van der Waals surface area contributed by atoms with E-state index in [2.05, 4.69) is 64.2 Å². The van der Waals surface area contributed by atoms with Crippen molar-refractivity contribution in [1.82, 2.24) is 5.32 Å². The summed E-state index contributed by atoms with van der Waals surface area (Å²) < 4.78 is 0. The van der Waals surface area contributed by atoms with Crippen molar-refractivity contribution in [2.24, 2.45) is 5.92 Å². The summed E-state index contributed by atoms with van der Waals surface area (Å²) in [4.78, 5) is 0. The van der Waals surface area contributed by atoms with Crippen LogP contribution in [0, 0.1) is 5.92 Å². The van der Waals surface area contributed by atoms with Gasteiger partial charge in [-0.25, -0.2) is 0 Å². The van der Waals surface area contributed by atoms with Crippen LogP contribution in [0.15, 0.2) is 24.3 Å². The van der Waals surface area contributed by atoms with Crippen LogP contribution in [0.25, 0.3) is 0 Å². The van der Waals surface area contributed by atoms with Gasteiger partial charge in [-0.15, -0.1) is 0 Å². The first-order chi connectivity index (χ1) is 9.40. The Morgan fingerprint density at radius 1 is 1.10 bits per heavy atom. The third kappa shape index (κ3) is 5.26. The van der Waals surface area contributed by atoms with E-state index in [4.69, 9.17) is 0 Å². The van der Waals surface area contributed by atoms with Gasteiger partial charge in [-0.2, -0.15) is 0 Å². The van der Waals surface area contributed by atoms with Gasteiger partial charge in [0.25, 0.3) is 0 Å². The molecule has 0 radical (unpaired) electrons. The molecule has 0 aliphatic heterocycles. The Labute approximate surface area is 124 Å². The van der Waals surface area contributed by atoms with Gasteiger partial charge in [-0.3, -0.25) is 0 Å². The van der Waals surface area contributed by atoms with E-state index in [1.165, 1.54) is 5.56 Å². The van der Waals surface area contributed by atoms with Gasteiger partial charge in [-0.1, -0.05) is 52.0 Å². The molecule has 1 aromatic rings. The van der Waals surface area contributed by atoms with Crippen LogP contribution < -0.4 is 5.32 Å². The fraction of sp³-hybridized carbons (Fsp3) is 0.667. The Balaban J connectivity index is 2.57. The first-order valence-electron chi connectivity index (χ1n) is 7.92. The number of rotatable bonds is 8. The smallest absolute Gasteiger partial charge is 0.0914 e. The summed E-state index contributed by atoms with van der Waals surface area (Å²) >= 11 is 0. The molecule has 2 N–H and O–H groups in total. The predicted octanol–water partition coefficient (Wildman–Crippen LogP) is 4.09. The molecular formula is C18H31NO. The highest BCUT2D eigenvalue weighted by Gasteiger charge is 2.20. The van der Waals surface area contributed by atoms with Crippen molar-refractivity contribution in [3.05, 3.63) is 35.4 Å². The predicted molar refractivity (Wildman–Crippen MR) is 86.9 cm³/mol. The standard InChI is InChI=1S/C18H31NO/c1-6-18(5,7-2)19-13-17(20)16-10-8-15(9-11-16)12-14(3)4/h8-11,14,17,19-20H,6-7,12-13H2,1-5H3. The van der Waals surface area contributed by atoms with E-state index >= 15 is 0 Å². The van der Waals surface area contributed by atoms with Gasteiger partial charge in [0, 0.05) is 12.1 Å². The van der Waals surface area contributed by atoms with Crippen LogP contribution in [-0.2, 0) is 6.42 Å². The molecule has 0 aromatic heterocycles.